The summed E-state index contributed by atoms with van der Waals surface area (Å²) in [6, 6.07) is 14.6. The van der Waals surface area contributed by atoms with Crippen molar-refractivity contribution in [1.29, 1.82) is 0 Å². The first kappa shape index (κ1) is 18.2. The van der Waals surface area contributed by atoms with Crippen LogP contribution in [0.4, 0.5) is 5.69 Å². The van der Waals surface area contributed by atoms with Crippen LogP contribution in [0.5, 0.6) is 0 Å². The first-order chi connectivity index (χ1) is 12.4. The second-order valence-corrected chi connectivity index (χ2v) is 7.78. The molecule has 3 aromatic rings. The van der Waals surface area contributed by atoms with Crippen molar-refractivity contribution in [2.75, 3.05) is 4.72 Å². The summed E-state index contributed by atoms with van der Waals surface area (Å²) in [5, 5.41) is 3.88. The standard InChI is InChI=1S/C20H22N2O3S/c1-4-15-8-6-7-9-18(15)22-26(23,24)20-13-17(11-10-16(20)5-2)19-12-14(3)21-25-19/h6-13,22H,4-5H2,1-3H3. The lowest BCUT2D eigenvalue weighted by Gasteiger charge is -2.14. The molecule has 0 saturated heterocycles. The van der Waals surface area contributed by atoms with Gasteiger partial charge < -0.3 is 4.52 Å². The number of nitrogens with one attached hydrogen (secondary N) is 1. The van der Waals surface area contributed by atoms with Crippen molar-refractivity contribution in [1.82, 2.24) is 5.16 Å². The van der Waals surface area contributed by atoms with Crippen LogP contribution in [0.3, 0.4) is 0 Å². The molecule has 0 radical (unpaired) electrons. The molecule has 1 aromatic heterocycles. The summed E-state index contributed by atoms with van der Waals surface area (Å²) in [4.78, 5) is 0.262. The van der Waals surface area contributed by atoms with Crippen LogP contribution in [-0.4, -0.2) is 13.6 Å². The summed E-state index contributed by atoms with van der Waals surface area (Å²) in [7, 11) is -3.72. The minimum atomic E-state index is -3.72. The van der Waals surface area contributed by atoms with E-state index < -0.39 is 10.0 Å². The average Bonchev–Trinajstić information content (AvgIpc) is 3.07. The van der Waals surface area contributed by atoms with Gasteiger partial charge in [0.1, 0.15) is 0 Å². The maximum absolute atomic E-state index is 13.1. The highest BCUT2D eigenvalue weighted by molar-refractivity contribution is 7.92. The van der Waals surface area contributed by atoms with E-state index in [2.05, 4.69) is 9.88 Å². The third kappa shape index (κ3) is 3.65. The van der Waals surface area contributed by atoms with Crippen molar-refractivity contribution < 1.29 is 12.9 Å². The lowest BCUT2D eigenvalue weighted by atomic mass is 10.1. The quantitative estimate of drug-likeness (QED) is 0.689. The zero-order valence-corrected chi connectivity index (χ0v) is 15.9. The lowest BCUT2D eigenvalue weighted by molar-refractivity contribution is 0.427. The third-order valence-corrected chi connectivity index (χ3v) is 5.74. The van der Waals surface area contributed by atoms with E-state index in [0.29, 0.717) is 23.4 Å². The lowest BCUT2D eigenvalue weighted by Crippen LogP contribution is -2.16. The van der Waals surface area contributed by atoms with Gasteiger partial charge in [-0.05, 0) is 43.0 Å². The van der Waals surface area contributed by atoms with E-state index in [0.717, 1.165) is 23.2 Å². The van der Waals surface area contributed by atoms with E-state index in [1.165, 1.54) is 0 Å². The Hall–Kier alpha value is -2.60. The molecule has 1 N–H and O–H groups in total. The Balaban J connectivity index is 2.05. The molecule has 0 aliphatic carbocycles. The number of sulfonamides is 1. The van der Waals surface area contributed by atoms with Crippen molar-refractivity contribution in [2.45, 2.75) is 38.5 Å². The molecule has 0 spiro atoms. The van der Waals surface area contributed by atoms with Gasteiger partial charge in [-0.25, -0.2) is 8.42 Å². The van der Waals surface area contributed by atoms with Gasteiger partial charge in [-0.2, -0.15) is 0 Å². The molecule has 136 valence electrons. The maximum atomic E-state index is 13.1. The first-order valence-corrected chi connectivity index (χ1v) is 10.1. The SMILES string of the molecule is CCc1ccccc1NS(=O)(=O)c1cc(-c2cc(C)no2)ccc1CC. The molecule has 0 atom stereocenters. The first-order valence-electron chi connectivity index (χ1n) is 8.62. The fourth-order valence-electron chi connectivity index (χ4n) is 2.88. The van der Waals surface area contributed by atoms with Crippen molar-refractivity contribution in [3.8, 4) is 11.3 Å². The fourth-order valence-corrected chi connectivity index (χ4v) is 4.32. The van der Waals surface area contributed by atoms with Gasteiger partial charge in [-0.15, -0.1) is 0 Å². The van der Waals surface area contributed by atoms with E-state index in [1.807, 2.05) is 51.1 Å². The van der Waals surface area contributed by atoms with E-state index in [1.54, 1.807) is 18.2 Å². The Morgan fingerprint density at radius 1 is 1.00 bits per heavy atom. The van der Waals surface area contributed by atoms with Crippen molar-refractivity contribution in [3.05, 3.63) is 65.4 Å². The van der Waals surface area contributed by atoms with E-state index in [9.17, 15) is 8.42 Å². The minimum absolute atomic E-state index is 0.262. The molecule has 0 bridgehead atoms. The maximum Gasteiger partial charge on any atom is 0.262 e. The summed E-state index contributed by atoms with van der Waals surface area (Å²) in [6.07, 6.45) is 1.36. The number of aromatic nitrogens is 1. The van der Waals surface area contributed by atoms with Crippen LogP contribution in [0.25, 0.3) is 11.3 Å². The molecule has 0 aliphatic rings. The summed E-state index contributed by atoms with van der Waals surface area (Å²) in [5.74, 6) is 0.551. The van der Waals surface area contributed by atoms with Crippen LogP contribution in [0.2, 0.25) is 0 Å². The van der Waals surface area contributed by atoms with Gasteiger partial charge in [0.05, 0.1) is 16.3 Å². The Morgan fingerprint density at radius 2 is 1.73 bits per heavy atom. The minimum Gasteiger partial charge on any atom is -0.356 e. The van der Waals surface area contributed by atoms with Gasteiger partial charge in [0.2, 0.25) is 0 Å². The molecule has 3 rings (SSSR count). The predicted molar refractivity (Wildman–Crippen MR) is 103 cm³/mol. The molecular formula is C20H22N2O3S. The number of aryl methyl sites for hydroxylation is 3. The van der Waals surface area contributed by atoms with Crippen molar-refractivity contribution in [3.63, 3.8) is 0 Å². The number of hydrogen-bond acceptors (Lipinski definition) is 4. The zero-order chi connectivity index (χ0) is 18.7. The van der Waals surface area contributed by atoms with Crippen molar-refractivity contribution in [2.24, 2.45) is 0 Å². The van der Waals surface area contributed by atoms with Crippen LogP contribution >= 0.6 is 0 Å². The Bertz CT molecular complexity index is 1020. The smallest absolute Gasteiger partial charge is 0.262 e. The molecule has 0 saturated carbocycles. The normalized spacial score (nSPS) is 11.5. The van der Waals surface area contributed by atoms with Crippen LogP contribution in [0.15, 0.2) is 57.9 Å². The molecule has 0 aliphatic heterocycles. The van der Waals surface area contributed by atoms with Gasteiger partial charge in [0.25, 0.3) is 10.0 Å². The van der Waals surface area contributed by atoms with Gasteiger partial charge in [0, 0.05) is 11.6 Å². The number of hydrogen-bond donors (Lipinski definition) is 1. The summed E-state index contributed by atoms with van der Waals surface area (Å²) in [6.45, 7) is 5.76. The number of benzene rings is 2. The van der Waals surface area contributed by atoms with Gasteiger partial charge in [-0.1, -0.05) is 49.3 Å². The van der Waals surface area contributed by atoms with E-state index in [-0.39, 0.29) is 4.90 Å². The molecule has 6 heteroatoms. The molecule has 0 fully saturated rings. The molecular weight excluding hydrogens is 348 g/mol. The molecule has 1 heterocycles. The summed E-state index contributed by atoms with van der Waals surface area (Å²) < 4.78 is 34.2. The van der Waals surface area contributed by atoms with Gasteiger partial charge in [0.15, 0.2) is 5.76 Å². The molecule has 0 amide bonds. The Labute approximate surface area is 154 Å². The summed E-state index contributed by atoms with van der Waals surface area (Å²) >= 11 is 0. The second kappa shape index (κ2) is 7.33. The average molecular weight is 370 g/mol. The number of rotatable bonds is 6. The molecule has 0 unspecified atom stereocenters. The highest BCUT2D eigenvalue weighted by Crippen LogP contribution is 2.28. The summed E-state index contributed by atoms with van der Waals surface area (Å²) in [5.41, 5.74) is 3.76. The van der Waals surface area contributed by atoms with Gasteiger partial charge >= 0.3 is 0 Å². The fraction of sp³-hybridized carbons (Fsp3) is 0.250. The number of nitrogens with zero attached hydrogens (tertiary/aromatic N) is 1. The van der Waals surface area contributed by atoms with Gasteiger partial charge in [-0.3, -0.25) is 4.72 Å². The van der Waals surface area contributed by atoms with Crippen LogP contribution < -0.4 is 4.72 Å². The Kier molecular flexibility index (Phi) is 5.13. The zero-order valence-electron chi connectivity index (χ0n) is 15.1. The third-order valence-electron chi connectivity index (χ3n) is 4.29. The highest BCUT2D eigenvalue weighted by atomic mass is 32.2. The van der Waals surface area contributed by atoms with Crippen LogP contribution in [0.1, 0.15) is 30.7 Å². The van der Waals surface area contributed by atoms with E-state index >= 15 is 0 Å². The monoisotopic (exact) mass is 370 g/mol. The van der Waals surface area contributed by atoms with Crippen LogP contribution in [-0.2, 0) is 22.9 Å². The number of anilines is 1. The highest BCUT2D eigenvalue weighted by Gasteiger charge is 2.21. The Morgan fingerprint density at radius 3 is 2.38 bits per heavy atom. The van der Waals surface area contributed by atoms with Crippen LogP contribution in [0, 0.1) is 6.92 Å². The second-order valence-electron chi connectivity index (χ2n) is 6.12. The van der Waals surface area contributed by atoms with E-state index in [4.69, 9.17) is 4.52 Å². The number of para-hydroxylation sites is 1. The van der Waals surface area contributed by atoms with Crippen molar-refractivity contribution >= 4 is 15.7 Å². The predicted octanol–water partition coefficient (Wildman–Crippen LogP) is 4.58. The molecule has 26 heavy (non-hydrogen) atoms. The topological polar surface area (TPSA) is 72.2 Å². The largest absolute Gasteiger partial charge is 0.356 e. The molecule has 2 aromatic carbocycles. The molecule has 5 nitrogen and oxygen atoms in total.